The predicted octanol–water partition coefficient (Wildman–Crippen LogP) is 1.84. The number of aromatic carboxylic acids is 1. The van der Waals surface area contributed by atoms with Gasteiger partial charge in [-0.3, -0.25) is 4.90 Å². The maximum Gasteiger partial charge on any atom is 0.337 e. The summed E-state index contributed by atoms with van der Waals surface area (Å²) in [6, 6.07) is 4.29. The number of carboxylic acid groups (broad SMARTS) is 1. The molecule has 1 aliphatic rings. The molecule has 2 aromatic heterocycles. The van der Waals surface area contributed by atoms with Crippen molar-refractivity contribution < 1.29 is 9.90 Å². The Morgan fingerprint density at radius 2 is 2.29 bits per heavy atom. The smallest absolute Gasteiger partial charge is 0.337 e. The molecule has 0 aliphatic carbocycles. The number of fused-ring (bicyclic) bond motifs is 1. The highest BCUT2D eigenvalue weighted by Crippen LogP contribution is 2.22. The van der Waals surface area contributed by atoms with Crippen LogP contribution in [0.4, 0.5) is 0 Å². The molecule has 1 fully saturated rings. The van der Waals surface area contributed by atoms with Gasteiger partial charge in [0, 0.05) is 24.7 Å². The van der Waals surface area contributed by atoms with Crippen LogP contribution in [-0.4, -0.2) is 49.2 Å². The number of carbonyl (C=O) groups is 1. The number of likely N-dealkylation sites (tertiary alicyclic amines) is 1. The SMILES string of the molecule is CC(C)N1CCCC1Cc1nc2ccc(C(=O)O)cn2n1. The van der Waals surface area contributed by atoms with Crippen LogP contribution >= 0.6 is 0 Å². The number of nitrogens with zero attached hydrogens (tertiary/aromatic N) is 4. The van der Waals surface area contributed by atoms with Gasteiger partial charge in [0.15, 0.2) is 11.5 Å². The minimum atomic E-state index is -0.948. The molecule has 1 aliphatic heterocycles. The molecule has 0 aromatic carbocycles. The Bertz CT molecular complexity index is 665. The van der Waals surface area contributed by atoms with Crippen LogP contribution in [0, 0.1) is 0 Å². The van der Waals surface area contributed by atoms with Gasteiger partial charge in [0.2, 0.25) is 0 Å². The fourth-order valence-electron chi connectivity index (χ4n) is 3.11. The van der Waals surface area contributed by atoms with Gasteiger partial charge < -0.3 is 5.11 Å². The van der Waals surface area contributed by atoms with Crippen molar-refractivity contribution in [2.45, 2.75) is 45.2 Å². The van der Waals surface area contributed by atoms with Crippen LogP contribution < -0.4 is 0 Å². The van der Waals surface area contributed by atoms with Crippen molar-refractivity contribution in [1.29, 1.82) is 0 Å². The van der Waals surface area contributed by atoms with E-state index in [2.05, 4.69) is 28.8 Å². The highest BCUT2D eigenvalue weighted by atomic mass is 16.4. The molecule has 0 bridgehead atoms. The van der Waals surface area contributed by atoms with Crippen molar-refractivity contribution in [3.63, 3.8) is 0 Å². The van der Waals surface area contributed by atoms with E-state index in [0.29, 0.717) is 17.7 Å². The van der Waals surface area contributed by atoms with Crippen LogP contribution in [-0.2, 0) is 6.42 Å². The lowest BCUT2D eigenvalue weighted by molar-refractivity contribution is 0.0696. The minimum Gasteiger partial charge on any atom is -0.478 e. The molecule has 1 atom stereocenters. The molecule has 1 saturated heterocycles. The van der Waals surface area contributed by atoms with Crippen LogP contribution in [0.2, 0.25) is 0 Å². The van der Waals surface area contributed by atoms with E-state index in [1.807, 2.05) is 0 Å². The summed E-state index contributed by atoms with van der Waals surface area (Å²) >= 11 is 0. The fourth-order valence-corrected chi connectivity index (χ4v) is 3.11. The fraction of sp³-hybridized carbons (Fsp3) is 0.533. The Morgan fingerprint density at radius 1 is 1.48 bits per heavy atom. The van der Waals surface area contributed by atoms with Gasteiger partial charge in [-0.2, -0.15) is 5.10 Å². The molecule has 0 amide bonds. The maximum absolute atomic E-state index is 11.0. The maximum atomic E-state index is 11.0. The number of hydrogen-bond acceptors (Lipinski definition) is 4. The van der Waals surface area contributed by atoms with Gasteiger partial charge in [-0.05, 0) is 45.4 Å². The Hall–Kier alpha value is -1.95. The van der Waals surface area contributed by atoms with E-state index in [1.54, 1.807) is 16.6 Å². The highest BCUT2D eigenvalue weighted by molar-refractivity contribution is 5.87. The van der Waals surface area contributed by atoms with Gasteiger partial charge in [-0.25, -0.2) is 14.3 Å². The van der Waals surface area contributed by atoms with E-state index in [4.69, 9.17) is 5.11 Å². The van der Waals surface area contributed by atoms with Crippen LogP contribution in [0.1, 0.15) is 42.9 Å². The second-order valence-corrected chi connectivity index (χ2v) is 5.89. The zero-order valence-electron chi connectivity index (χ0n) is 12.4. The van der Waals surface area contributed by atoms with E-state index in [-0.39, 0.29) is 5.56 Å². The average Bonchev–Trinajstić information content (AvgIpc) is 3.03. The van der Waals surface area contributed by atoms with Crippen LogP contribution in [0.25, 0.3) is 5.65 Å². The van der Waals surface area contributed by atoms with E-state index in [9.17, 15) is 4.79 Å². The molecule has 2 aromatic rings. The second kappa shape index (κ2) is 5.44. The number of rotatable bonds is 4. The summed E-state index contributed by atoms with van der Waals surface area (Å²) in [4.78, 5) is 18.0. The third-order valence-electron chi connectivity index (χ3n) is 4.13. The largest absolute Gasteiger partial charge is 0.478 e. The molecule has 1 N–H and O–H groups in total. The van der Waals surface area contributed by atoms with Gasteiger partial charge in [-0.15, -0.1) is 0 Å². The lowest BCUT2D eigenvalue weighted by atomic mass is 10.1. The summed E-state index contributed by atoms with van der Waals surface area (Å²) in [6.45, 7) is 5.57. The van der Waals surface area contributed by atoms with Crippen molar-refractivity contribution in [3.05, 3.63) is 29.7 Å². The summed E-state index contributed by atoms with van der Waals surface area (Å²) in [6.07, 6.45) is 4.73. The number of hydrogen-bond donors (Lipinski definition) is 1. The summed E-state index contributed by atoms with van der Waals surface area (Å²) in [7, 11) is 0. The zero-order valence-corrected chi connectivity index (χ0v) is 12.4. The van der Waals surface area contributed by atoms with Crippen molar-refractivity contribution in [2.75, 3.05) is 6.54 Å². The molecule has 0 radical (unpaired) electrons. The molecular weight excluding hydrogens is 268 g/mol. The summed E-state index contributed by atoms with van der Waals surface area (Å²) in [5.41, 5.74) is 0.924. The Morgan fingerprint density at radius 3 is 3.00 bits per heavy atom. The van der Waals surface area contributed by atoms with E-state index in [1.165, 1.54) is 19.0 Å². The van der Waals surface area contributed by atoms with Gasteiger partial charge in [0.1, 0.15) is 0 Å². The lowest BCUT2D eigenvalue weighted by Crippen LogP contribution is -2.36. The third-order valence-corrected chi connectivity index (χ3v) is 4.13. The first-order chi connectivity index (χ1) is 10.0. The quantitative estimate of drug-likeness (QED) is 0.929. The molecule has 112 valence electrons. The number of carboxylic acids is 1. The van der Waals surface area contributed by atoms with Gasteiger partial charge in [0.05, 0.1) is 5.56 Å². The van der Waals surface area contributed by atoms with Crippen LogP contribution in [0.5, 0.6) is 0 Å². The molecule has 1 unspecified atom stereocenters. The minimum absolute atomic E-state index is 0.226. The molecule has 0 spiro atoms. The lowest BCUT2D eigenvalue weighted by Gasteiger charge is -2.27. The second-order valence-electron chi connectivity index (χ2n) is 5.89. The van der Waals surface area contributed by atoms with Gasteiger partial charge in [0.25, 0.3) is 0 Å². The Labute approximate surface area is 123 Å². The van der Waals surface area contributed by atoms with Crippen molar-refractivity contribution >= 4 is 11.6 Å². The van der Waals surface area contributed by atoms with Crippen molar-refractivity contribution in [2.24, 2.45) is 0 Å². The Kier molecular flexibility index (Phi) is 3.63. The third kappa shape index (κ3) is 2.76. The topological polar surface area (TPSA) is 70.7 Å². The summed E-state index contributed by atoms with van der Waals surface area (Å²) in [5.74, 6) is -0.161. The van der Waals surface area contributed by atoms with Crippen LogP contribution in [0.15, 0.2) is 18.3 Å². The average molecular weight is 288 g/mol. The first kappa shape index (κ1) is 14.0. The first-order valence-electron chi connectivity index (χ1n) is 7.39. The molecule has 0 saturated carbocycles. The van der Waals surface area contributed by atoms with E-state index >= 15 is 0 Å². The van der Waals surface area contributed by atoms with E-state index in [0.717, 1.165) is 18.8 Å². The summed E-state index contributed by atoms with van der Waals surface area (Å²) in [5, 5.41) is 13.4. The normalized spacial score (nSPS) is 19.7. The predicted molar refractivity (Wildman–Crippen MR) is 78.5 cm³/mol. The summed E-state index contributed by atoms with van der Waals surface area (Å²) < 4.78 is 1.56. The van der Waals surface area contributed by atoms with Crippen molar-refractivity contribution in [1.82, 2.24) is 19.5 Å². The zero-order chi connectivity index (χ0) is 15.0. The van der Waals surface area contributed by atoms with Gasteiger partial charge in [-0.1, -0.05) is 0 Å². The van der Waals surface area contributed by atoms with Gasteiger partial charge >= 0.3 is 5.97 Å². The Balaban J connectivity index is 1.83. The first-order valence-corrected chi connectivity index (χ1v) is 7.39. The molecular formula is C15H20N4O2. The van der Waals surface area contributed by atoms with Crippen molar-refractivity contribution in [3.8, 4) is 0 Å². The van der Waals surface area contributed by atoms with Crippen LogP contribution in [0.3, 0.4) is 0 Å². The highest BCUT2D eigenvalue weighted by Gasteiger charge is 2.27. The number of pyridine rings is 1. The molecule has 3 heterocycles. The standard InChI is InChI=1S/C15H20N4O2/c1-10(2)18-7-3-4-12(18)8-13-16-14-6-5-11(15(20)21)9-19(14)17-13/h5-6,9-10,12H,3-4,7-8H2,1-2H3,(H,20,21). The molecule has 6 heteroatoms. The van der Waals surface area contributed by atoms with E-state index < -0.39 is 5.97 Å². The molecule has 3 rings (SSSR count). The number of aromatic nitrogens is 3. The molecule has 6 nitrogen and oxygen atoms in total. The molecule has 21 heavy (non-hydrogen) atoms. The monoisotopic (exact) mass is 288 g/mol.